The zero-order valence-corrected chi connectivity index (χ0v) is 24.3. The fourth-order valence-corrected chi connectivity index (χ4v) is 6.78. The number of nitrogens with one attached hydrogen (secondary N) is 1. The molecule has 198 valence electrons. The minimum atomic E-state index is -3.65. The van der Waals surface area contributed by atoms with Crippen LogP contribution in [0.4, 0.5) is 10.9 Å². The van der Waals surface area contributed by atoms with Crippen LogP contribution < -0.4 is 11.1 Å². The van der Waals surface area contributed by atoms with E-state index in [1.54, 1.807) is 13.8 Å². The number of phosphoric ester groups is 1. The van der Waals surface area contributed by atoms with Gasteiger partial charge in [-0.15, -0.1) is 0 Å². The van der Waals surface area contributed by atoms with E-state index in [2.05, 4.69) is 36.1 Å². The van der Waals surface area contributed by atoms with Crippen molar-refractivity contribution >= 4 is 63.8 Å². The molecule has 3 aromatic rings. The third kappa shape index (κ3) is 8.02. The molecule has 0 saturated carbocycles. The molecule has 0 fully saturated rings. The van der Waals surface area contributed by atoms with Crippen molar-refractivity contribution < 1.29 is 18.1 Å². The number of anilines is 2. The van der Waals surface area contributed by atoms with Gasteiger partial charge in [-0.1, -0.05) is 66.7 Å². The molecular weight excluding hydrogens is 541 g/mol. The van der Waals surface area contributed by atoms with E-state index < -0.39 is 7.82 Å². The number of fused-ring (bicyclic) bond motifs is 1. The predicted molar refractivity (Wildman–Crippen MR) is 149 cm³/mol. The van der Waals surface area contributed by atoms with E-state index in [-0.39, 0.29) is 31.1 Å². The molecule has 0 radical (unpaired) electrons. The maximum Gasteiger partial charge on any atom is 0.474 e. The molecule has 0 aliphatic carbocycles. The molecule has 0 bridgehead atoms. The van der Waals surface area contributed by atoms with Gasteiger partial charge < -0.3 is 11.1 Å². The summed E-state index contributed by atoms with van der Waals surface area (Å²) >= 11 is 9.19. The molecule has 1 aromatic carbocycles. The molecule has 1 unspecified atom stereocenters. The molecule has 9 nitrogen and oxygen atoms in total. The van der Waals surface area contributed by atoms with Gasteiger partial charge in [-0.2, -0.15) is 0 Å². The molecule has 3 N–H and O–H groups in total. The second-order valence-corrected chi connectivity index (χ2v) is 12.8. The fourth-order valence-electron chi connectivity index (χ4n) is 3.54. The Morgan fingerprint density at radius 1 is 1.11 bits per heavy atom. The van der Waals surface area contributed by atoms with Crippen LogP contribution in [0.25, 0.3) is 10.3 Å². The zero-order chi connectivity index (χ0) is 26.3. The largest absolute Gasteiger partial charge is 0.474 e. The van der Waals surface area contributed by atoms with Gasteiger partial charge in [-0.25, -0.2) is 19.5 Å². The van der Waals surface area contributed by atoms with Crippen molar-refractivity contribution in [2.45, 2.75) is 57.5 Å². The predicted octanol–water partition coefficient (Wildman–Crippen LogP) is 7.20. The van der Waals surface area contributed by atoms with Crippen LogP contribution in [-0.2, 0) is 18.1 Å². The van der Waals surface area contributed by atoms with Crippen LogP contribution in [0.3, 0.4) is 0 Å². The maximum atomic E-state index is 12.9. The first-order valence-electron chi connectivity index (χ1n) is 11.8. The van der Waals surface area contributed by atoms with Crippen LogP contribution in [0, 0.1) is 5.92 Å². The van der Waals surface area contributed by atoms with E-state index in [1.807, 2.05) is 24.3 Å². The number of nitrogens with two attached hydrogens (primary N) is 1. The monoisotopic (exact) mass is 573 g/mol. The molecule has 2 atom stereocenters. The van der Waals surface area contributed by atoms with Gasteiger partial charge in [0.05, 0.1) is 25.9 Å². The number of nitrogen functional groups attached to an aromatic ring is 1. The lowest BCUT2D eigenvalue weighted by Crippen LogP contribution is -2.28. The number of thioether (sulfide) groups is 1. The first kappa shape index (κ1) is 29.1. The highest BCUT2D eigenvalue weighted by Crippen LogP contribution is 2.49. The maximum absolute atomic E-state index is 12.9. The zero-order valence-electron chi connectivity index (χ0n) is 21.1. The molecule has 0 aliphatic rings. The third-order valence-electron chi connectivity index (χ3n) is 4.98. The van der Waals surface area contributed by atoms with Crippen molar-refractivity contribution in [3.8, 4) is 0 Å². The first-order valence-corrected chi connectivity index (χ1v) is 15.3. The Kier molecular flexibility index (Phi) is 10.8. The van der Waals surface area contributed by atoms with Crippen LogP contribution in [0.2, 0.25) is 5.02 Å². The van der Waals surface area contributed by atoms with E-state index >= 15 is 0 Å². The molecule has 3 rings (SSSR count). The number of aromatic nitrogens is 3. The summed E-state index contributed by atoms with van der Waals surface area (Å²) in [6.07, 6.45) is 0.733. The summed E-state index contributed by atoms with van der Waals surface area (Å²) < 4.78 is 29.8. The van der Waals surface area contributed by atoms with E-state index in [1.165, 1.54) is 23.1 Å². The standard InChI is InChI=1S/C23H33ClN5O4PS2/c1-6-31-34(30,32-7-2)33-13-16(12-14(3)4)26-20-19-21(27-22(25)36-19)29-23(28-20)35-15(5)17-10-8-9-11-18(17)24/h8-11,14-16H,6-7,12-13H2,1-5H3,(H3,25,26,27,28,29)/t15?,16-/m1/s1. The lowest BCUT2D eigenvalue weighted by atomic mass is 10.0. The van der Waals surface area contributed by atoms with Crippen molar-refractivity contribution in [1.29, 1.82) is 0 Å². The number of rotatable bonds is 14. The summed E-state index contributed by atoms with van der Waals surface area (Å²) in [5.74, 6) is 0.933. The average molecular weight is 574 g/mol. The Hall–Kier alpha value is -1.46. The van der Waals surface area contributed by atoms with Crippen LogP contribution in [0.1, 0.15) is 51.9 Å². The molecular formula is C23H33ClN5O4PS2. The number of phosphoric acid groups is 1. The number of hydrogen-bond donors (Lipinski definition) is 2. The Morgan fingerprint density at radius 2 is 1.81 bits per heavy atom. The quantitative estimate of drug-likeness (QED) is 0.116. The Balaban J connectivity index is 1.88. The summed E-state index contributed by atoms with van der Waals surface area (Å²) in [5, 5.41) is 5.10. The van der Waals surface area contributed by atoms with Crippen LogP contribution in [0.5, 0.6) is 0 Å². The minimum Gasteiger partial charge on any atom is -0.375 e. The average Bonchev–Trinajstić information content (AvgIpc) is 3.18. The van der Waals surface area contributed by atoms with Gasteiger partial charge in [0.1, 0.15) is 4.70 Å². The van der Waals surface area contributed by atoms with Gasteiger partial charge in [-0.3, -0.25) is 13.6 Å². The molecule has 0 aliphatic heterocycles. The lowest BCUT2D eigenvalue weighted by Gasteiger charge is -2.24. The molecule has 2 aromatic heterocycles. The van der Waals surface area contributed by atoms with E-state index in [0.29, 0.717) is 32.7 Å². The minimum absolute atomic E-state index is 0.0121. The fraction of sp³-hybridized carbons (Fsp3) is 0.522. The van der Waals surface area contributed by atoms with Crippen LogP contribution in [0.15, 0.2) is 29.4 Å². The smallest absolute Gasteiger partial charge is 0.375 e. The van der Waals surface area contributed by atoms with Crippen LogP contribution >= 0.6 is 42.5 Å². The number of halogens is 1. The Labute approximate surface area is 225 Å². The normalized spacial score (nSPS) is 13.9. The van der Waals surface area contributed by atoms with Crippen LogP contribution in [-0.4, -0.2) is 40.8 Å². The highest BCUT2D eigenvalue weighted by Gasteiger charge is 2.28. The van der Waals surface area contributed by atoms with Gasteiger partial charge in [0.25, 0.3) is 0 Å². The molecule has 0 spiro atoms. The summed E-state index contributed by atoms with van der Waals surface area (Å²) in [6.45, 7) is 10.3. The summed E-state index contributed by atoms with van der Waals surface area (Å²) in [5.41, 5.74) is 7.52. The Bertz CT molecular complexity index is 1190. The number of nitrogens with zero attached hydrogens (tertiary/aromatic N) is 3. The summed E-state index contributed by atoms with van der Waals surface area (Å²) in [4.78, 5) is 13.8. The van der Waals surface area contributed by atoms with Crippen molar-refractivity contribution in [2.24, 2.45) is 5.92 Å². The number of thiazole rings is 1. The van der Waals surface area contributed by atoms with E-state index in [0.717, 1.165) is 16.7 Å². The third-order valence-corrected chi connectivity index (χ3v) is 8.82. The van der Waals surface area contributed by atoms with Crippen molar-refractivity contribution in [2.75, 3.05) is 30.9 Å². The van der Waals surface area contributed by atoms with Gasteiger partial charge in [0, 0.05) is 10.3 Å². The van der Waals surface area contributed by atoms with E-state index in [4.69, 9.17) is 35.9 Å². The second kappa shape index (κ2) is 13.4. The van der Waals surface area contributed by atoms with Gasteiger partial charge >= 0.3 is 7.82 Å². The van der Waals surface area contributed by atoms with Gasteiger partial charge in [-0.05, 0) is 44.7 Å². The molecule has 2 heterocycles. The topological polar surface area (TPSA) is 121 Å². The first-order chi connectivity index (χ1) is 17.1. The SMILES string of the molecule is CCOP(=O)(OCC)OC[C@@H](CC(C)C)Nc1nc(SC(C)c2ccccc2Cl)nc2nc(N)sc12. The highest BCUT2D eigenvalue weighted by atomic mass is 35.5. The van der Waals surface area contributed by atoms with Crippen molar-refractivity contribution in [1.82, 2.24) is 15.0 Å². The molecule has 0 amide bonds. The van der Waals surface area contributed by atoms with Gasteiger partial charge in [0.2, 0.25) is 0 Å². The number of benzene rings is 1. The Morgan fingerprint density at radius 3 is 2.44 bits per heavy atom. The molecule has 0 saturated heterocycles. The summed E-state index contributed by atoms with van der Waals surface area (Å²) in [7, 11) is -3.65. The van der Waals surface area contributed by atoms with E-state index in [9.17, 15) is 4.57 Å². The van der Waals surface area contributed by atoms with Gasteiger partial charge in [0.15, 0.2) is 21.8 Å². The second-order valence-electron chi connectivity index (χ2n) is 8.39. The van der Waals surface area contributed by atoms with Crippen molar-refractivity contribution in [3.63, 3.8) is 0 Å². The number of hydrogen-bond acceptors (Lipinski definition) is 11. The summed E-state index contributed by atoms with van der Waals surface area (Å²) in [6, 6.07) is 7.49. The molecule has 13 heteroatoms. The highest BCUT2D eigenvalue weighted by molar-refractivity contribution is 7.99. The lowest BCUT2D eigenvalue weighted by molar-refractivity contribution is 0.116. The van der Waals surface area contributed by atoms with Crippen molar-refractivity contribution in [3.05, 3.63) is 34.9 Å². The molecule has 36 heavy (non-hydrogen) atoms.